The van der Waals surface area contributed by atoms with E-state index in [0.29, 0.717) is 0 Å². The molecule has 0 aromatic carbocycles. The van der Waals surface area contributed by atoms with E-state index < -0.39 is 48.0 Å². The fraction of sp³-hybridized carbons (Fsp3) is 0.500. The van der Waals surface area contributed by atoms with Gasteiger partial charge in [0, 0.05) is 20.8 Å². The molecule has 2 aromatic heterocycles. The highest BCUT2D eigenvalue weighted by Gasteiger charge is 2.51. The quantitative estimate of drug-likeness (QED) is 0.516. The van der Waals surface area contributed by atoms with Gasteiger partial charge in [0.15, 0.2) is 29.6 Å². The number of imidazole rings is 1. The van der Waals surface area contributed by atoms with Gasteiger partial charge in [0.25, 0.3) is 5.56 Å². The highest BCUT2D eigenvalue weighted by atomic mass is 16.7. The Morgan fingerprint density at radius 2 is 1.79 bits per heavy atom. The number of hydrogen-bond donors (Lipinski definition) is 1. The third kappa shape index (κ3) is 3.86. The van der Waals surface area contributed by atoms with Crippen LogP contribution in [0.2, 0.25) is 0 Å². The summed E-state index contributed by atoms with van der Waals surface area (Å²) in [7, 11) is 0. The number of aromatic amines is 1. The van der Waals surface area contributed by atoms with Gasteiger partial charge in [-0.2, -0.15) is 0 Å². The molecular weight excluding hydrogens is 376 g/mol. The van der Waals surface area contributed by atoms with Gasteiger partial charge in [-0.25, -0.2) is 9.97 Å². The average Bonchev–Trinajstić information content (AvgIpc) is 3.16. The van der Waals surface area contributed by atoms with E-state index >= 15 is 0 Å². The lowest BCUT2D eigenvalue weighted by molar-refractivity contribution is -0.166. The molecule has 0 amide bonds. The fourth-order valence-electron chi connectivity index (χ4n) is 2.97. The van der Waals surface area contributed by atoms with Crippen LogP contribution in [0, 0.1) is 0 Å². The minimum Gasteiger partial charge on any atom is -0.463 e. The van der Waals surface area contributed by atoms with Crippen molar-refractivity contribution >= 4 is 29.1 Å². The number of carbonyl (C=O) groups excluding carboxylic acids is 3. The lowest BCUT2D eigenvalue weighted by Crippen LogP contribution is -2.40. The second kappa shape index (κ2) is 7.76. The number of H-pyrrole nitrogens is 1. The summed E-state index contributed by atoms with van der Waals surface area (Å²) in [4.78, 5) is 56.8. The maximum Gasteiger partial charge on any atom is 0.303 e. The highest BCUT2D eigenvalue weighted by molar-refractivity contribution is 5.70. The zero-order valence-electron chi connectivity index (χ0n) is 15.3. The summed E-state index contributed by atoms with van der Waals surface area (Å²) >= 11 is 0. The molecule has 3 rings (SSSR count). The highest BCUT2D eigenvalue weighted by Crippen LogP contribution is 2.35. The van der Waals surface area contributed by atoms with Gasteiger partial charge in [0.2, 0.25) is 0 Å². The molecule has 1 aliphatic rings. The molecule has 1 aliphatic heterocycles. The van der Waals surface area contributed by atoms with Crippen LogP contribution in [0.1, 0.15) is 27.0 Å². The summed E-state index contributed by atoms with van der Waals surface area (Å²) in [5, 5.41) is 0. The number of rotatable bonds is 5. The van der Waals surface area contributed by atoms with Crippen LogP contribution in [-0.2, 0) is 33.3 Å². The summed E-state index contributed by atoms with van der Waals surface area (Å²) < 4.78 is 22.8. The van der Waals surface area contributed by atoms with Crippen LogP contribution in [0.25, 0.3) is 11.2 Å². The molecule has 1 fully saturated rings. The standard InChI is InChI=1S/C16H18N4O8/c1-7(21)25-4-10-12(26-8(2)22)13(27-9(3)23)16(28-10)20-6-19-11-14(20)17-5-18-15(11)24/h5-6,10,12-13,16H,4H2,1-3H3,(H,17,18,24)/t10?,12?,13?,16-/m1/s1. The molecule has 0 aliphatic carbocycles. The van der Waals surface area contributed by atoms with Crippen molar-refractivity contribution in [3.8, 4) is 0 Å². The van der Waals surface area contributed by atoms with Crippen molar-refractivity contribution < 1.29 is 33.3 Å². The van der Waals surface area contributed by atoms with Crippen molar-refractivity contribution in [1.82, 2.24) is 19.5 Å². The van der Waals surface area contributed by atoms with E-state index in [2.05, 4.69) is 15.0 Å². The van der Waals surface area contributed by atoms with Crippen molar-refractivity contribution in [2.24, 2.45) is 0 Å². The van der Waals surface area contributed by atoms with Crippen LogP contribution in [0.15, 0.2) is 17.4 Å². The molecule has 0 saturated carbocycles. The van der Waals surface area contributed by atoms with Gasteiger partial charge in [-0.1, -0.05) is 0 Å². The number of nitrogens with zero attached hydrogens (tertiary/aromatic N) is 3. The van der Waals surface area contributed by atoms with Gasteiger partial charge >= 0.3 is 17.9 Å². The van der Waals surface area contributed by atoms with Crippen molar-refractivity contribution in [3.63, 3.8) is 0 Å². The summed E-state index contributed by atoms with van der Waals surface area (Å²) in [6, 6.07) is 0. The van der Waals surface area contributed by atoms with Crippen LogP contribution in [0.3, 0.4) is 0 Å². The van der Waals surface area contributed by atoms with Gasteiger partial charge in [0.1, 0.15) is 12.7 Å². The zero-order chi connectivity index (χ0) is 20.4. The molecule has 3 unspecified atom stereocenters. The first-order valence-electron chi connectivity index (χ1n) is 8.31. The predicted octanol–water partition coefficient (Wildman–Crippen LogP) is -0.556. The molecule has 3 heterocycles. The Morgan fingerprint density at radius 1 is 1.11 bits per heavy atom. The molecule has 12 heteroatoms. The number of carbonyl (C=O) groups is 3. The molecule has 0 spiro atoms. The third-order valence-corrected chi connectivity index (χ3v) is 3.98. The monoisotopic (exact) mass is 394 g/mol. The smallest absolute Gasteiger partial charge is 0.303 e. The molecular formula is C16H18N4O8. The molecule has 1 N–H and O–H groups in total. The lowest BCUT2D eigenvalue weighted by Gasteiger charge is -2.23. The Bertz CT molecular complexity index is 967. The van der Waals surface area contributed by atoms with Crippen LogP contribution in [0.4, 0.5) is 0 Å². The fourth-order valence-corrected chi connectivity index (χ4v) is 2.97. The van der Waals surface area contributed by atoms with E-state index in [1.165, 1.54) is 38.0 Å². The largest absolute Gasteiger partial charge is 0.463 e. The van der Waals surface area contributed by atoms with Gasteiger partial charge in [-0.15, -0.1) is 0 Å². The Morgan fingerprint density at radius 3 is 2.43 bits per heavy atom. The van der Waals surface area contributed by atoms with Gasteiger partial charge in [0.05, 0.1) is 12.7 Å². The third-order valence-electron chi connectivity index (χ3n) is 3.98. The zero-order valence-corrected chi connectivity index (χ0v) is 15.3. The van der Waals surface area contributed by atoms with Crippen molar-refractivity contribution in [3.05, 3.63) is 23.0 Å². The molecule has 2 aromatic rings. The first-order chi connectivity index (χ1) is 13.3. The number of hydrogen-bond acceptors (Lipinski definition) is 10. The topological polar surface area (TPSA) is 152 Å². The van der Waals surface area contributed by atoms with Crippen LogP contribution in [-0.4, -0.2) is 62.3 Å². The van der Waals surface area contributed by atoms with Gasteiger partial charge in [-0.05, 0) is 0 Å². The van der Waals surface area contributed by atoms with E-state index in [1.54, 1.807) is 0 Å². The predicted molar refractivity (Wildman–Crippen MR) is 89.8 cm³/mol. The summed E-state index contributed by atoms with van der Waals surface area (Å²) in [6.07, 6.45) is -1.58. The first kappa shape index (κ1) is 19.5. The molecule has 1 saturated heterocycles. The van der Waals surface area contributed by atoms with E-state index in [0.717, 1.165) is 0 Å². The minimum absolute atomic E-state index is 0.0557. The maximum absolute atomic E-state index is 11.9. The van der Waals surface area contributed by atoms with E-state index in [9.17, 15) is 19.2 Å². The SMILES string of the molecule is CC(=O)OCC1O[C@@H](n2cnc3c(=O)[nH]cnc32)C(OC(C)=O)C1OC(C)=O. The van der Waals surface area contributed by atoms with E-state index in [-0.39, 0.29) is 17.8 Å². The second-order valence-electron chi connectivity index (χ2n) is 6.07. The first-order valence-corrected chi connectivity index (χ1v) is 8.31. The molecule has 150 valence electrons. The summed E-state index contributed by atoms with van der Waals surface area (Å²) in [5.41, 5.74) is -0.223. The Labute approximate surface area is 157 Å². The number of fused-ring (bicyclic) bond motifs is 1. The lowest BCUT2D eigenvalue weighted by atomic mass is 10.1. The normalized spacial score (nSPS) is 24.1. The maximum atomic E-state index is 11.9. The Balaban J connectivity index is 2.02. The number of ether oxygens (including phenoxy) is 4. The summed E-state index contributed by atoms with van der Waals surface area (Å²) in [5.74, 6) is -1.83. The molecule has 0 bridgehead atoms. The Hall–Kier alpha value is -3.28. The second-order valence-corrected chi connectivity index (χ2v) is 6.07. The minimum atomic E-state index is -1.08. The van der Waals surface area contributed by atoms with Crippen LogP contribution in [0.5, 0.6) is 0 Å². The number of aromatic nitrogens is 4. The summed E-state index contributed by atoms with van der Waals surface area (Å²) in [6.45, 7) is 3.36. The van der Waals surface area contributed by atoms with E-state index in [1.807, 2.05) is 0 Å². The van der Waals surface area contributed by atoms with Crippen molar-refractivity contribution in [1.29, 1.82) is 0 Å². The van der Waals surface area contributed by atoms with Crippen molar-refractivity contribution in [2.75, 3.05) is 6.61 Å². The average molecular weight is 394 g/mol. The number of esters is 3. The molecule has 4 atom stereocenters. The number of nitrogens with one attached hydrogen (secondary N) is 1. The van der Waals surface area contributed by atoms with Crippen LogP contribution < -0.4 is 5.56 Å². The van der Waals surface area contributed by atoms with Crippen LogP contribution >= 0.6 is 0 Å². The molecule has 28 heavy (non-hydrogen) atoms. The Kier molecular flexibility index (Phi) is 5.40. The molecule has 0 radical (unpaired) electrons. The van der Waals surface area contributed by atoms with Crippen molar-refractivity contribution in [2.45, 2.75) is 45.3 Å². The van der Waals surface area contributed by atoms with E-state index in [4.69, 9.17) is 18.9 Å². The van der Waals surface area contributed by atoms with Gasteiger partial charge in [-0.3, -0.25) is 23.7 Å². The van der Waals surface area contributed by atoms with Gasteiger partial charge < -0.3 is 23.9 Å². The molecule has 12 nitrogen and oxygen atoms in total.